The number of aliphatic carboxylic acids is 1. The Kier molecular flexibility index (Phi) is 3.22. The van der Waals surface area contributed by atoms with Crippen LogP contribution in [0.15, 0.2) is 18.2 Å². The van der Waals surface area contributed by atoms with Gasteiger partial charge in [0.25, 0.3) is 0 Å². The molecule has 0 aromatic heterocycles. The van der Waals surface area contributed by atoms with Gasteiger partial charge in [-0.2, -0.15) is 0 Å². The molecule has 1 heterocycles. The van der Waals surface area contributed by atoms with Gasteiger partial charge < -0.3 is 15.3 Å². The first kappa shape index (κ1) is 13.4. The maximum absolute atomic E-state index is 11.3. The number of hydrogen-bond acceptors (Lipinski definition) is 3. The number of amides is 1. The SMILES string of the molecule is CN(CC(C)(C)C(=O)O)c1ccc2c(c1)CC(=O)N2. The molecule has 0 aliphatic carbocycles. The highest BCUT2D eigenvalue weighted by molar-refractivity contribution is 5.99. The van der Waals surface area contributed by atoms with Gasteiger partial charge in [0.15, 0.2) is 0 Å². The predicted molar refractivity (Wildman–Crippen MR) is 73.5 cm³/mol. The highest BCUT2D eigenvalue weighted by atomic mass is 16.4. The summed E-state index contributed by atoms with van der Waals surface area (Å²) in [4.78, 5) is 24.3. The third-order valence-electron chi connectivity index (χ3n) is 3.37. The molecule has 1 aliphatic rings. The number of carbonyl (C=O) groups excluding carboxylic acids is 1. The van der Waals surface area contributed by atoms with Crippen LogP contribution in [0.2, 0.25) is 0 Å². The van der Waals surface area contributed by atoms with Gasteiger partial charge in [0, 0.05) is 25.0 Å². The van der Waals surface area contributed by atoms with Crippen molar-refractivity contribution < 1.29 is 14.7 Å². The number of benzene rings is 1. The van der Waals surface area contributed by atoms with Crippen LogP contribution in [-0.4, -0.2) is 30.6 Å². The highest BCUT2D eigenvalue weighted by Gasteiger charge is 2.29. The molecule has 0 fully saturated rings. The number of carboxylic acids is 1. The largest absolute Gasteiger partial charge is 0.481 e. The summed E-state index contributed by atoms with van der Waals surface area (Å²) in [6, 6.07) is 5.69. The van der Waals surface area contributed by atoms with E-state index in [9.17, 15) is 9.59 Å². The molecule has 5 nitrogen and oxygen atoms in total. The van der Waals surface area contributed by atoms with Gasteiger partial charge in [-0.25, -0.2) is 0 Å². The van der Waals surface area contributed by atoms with Gasteiger partial charge in [-0.15, -0.1) is 0 Å². The molecule has 2 rings (SSSR count). The van der Waals surface area contributed by atoms with Crippen molar-refractivity contribution in [3.8, 4) is 0 Å². The lowest BCUT2D eigenvalue weighted by Crippen LogP contribution is -2.37. The number of anilines is 2. The minimum Gasteiger partial charge on any atom is -0.481 e. The Bertz CT molecular complexity index is 537. The standard InChI is InChI=1S/C14H18N2O3/c1-14(2,13(18)19)8-16(3)10-4-5-11-9(6-10)7-12(17)15-11/h4-6H,7-8H2,1-3H3,(H,15,17)(H,18,19). The van der Waals surface area contributed by atoms with Gasteiger partial charge in [0.1, 0.15) is 0 Å². The Morgan fingerprint density at radius 1 is 1.47 bits per heavy atom. The minimum absolute atomic E-state index is 0.000619. The van der Waals surface area contributed by atoms with Crippen LogP contribution in [0, 0.1) is 5.41 Å². The summed E-state index contributed by atoms with van der Waals surface area (Å²) in [5.41, 5.74) is 1.91. The first-order valence-electron chi connectivity index (χ1n) is 6.17. The lowest BCUT2D eigenvalue weighted by molar-refractivity contribution is -0.146. The first-order chi connectivity index (χ1) is 8.79. The first-order valence-corrected chi connectivity index (χ1v) is 6.17. The molecule has 0 radical (unpaired) electrons. The van der Waals surface area contributed by atoms with Crippen LogP contribution in [0.25, 0.3) is 0 Å². The Balaban J connectivity index is 2.17. The fraction of sp³-hybridized carbons (Fsp3) is 0.429. The highest BCUT2D eigenvalue weighted by Crippen LogP contribution is 2.29. The second-order valence-corrected chi connectivity index (χ2v) is 5.61. The third kappa shape index (κ3) is 2.70. The summed E-state index contributed by atoms with van der Waals surface area (Å²) >= 11 is 0. The smallest absolute Gasteiger partial charge is 0.310 e. The summed E-state index contributed by atoms with van der Waals surface area (Å²) in [5.74, 6) is -0.821. The van der Waals surface area contributed by atoms with Crippen LogP contribution in [0.5, 0.6) is 0 Å². The van der Waals surface area contributed by atoms with Crippen molar-refractivity contribution in [2.75, 3.05) is 23.8 Å². The van der Waals surface area contributed by atoms with E-state index in [0.717, 1.165) is 16.9 Å². The van der Waals surface area contributed by atoms with Crippen LogP contribution in [-0.2, 0) is 16.0 Å². The van der Waals surface area contributed by atoms with Crippen molar-refractivity contribution in [3.63, 3.8) is 0 Å². The summed E-state index contributed by atoms with van der Waals surface area (Å²) in [6.45, 7) is 3.80. The molecule has 19 heavy (non-hydrogen) atoms. The maximum Gasteiger partial charge on any atom is 0.310 e. The van der Waals surface area contributed by atoms with Crippen molar-refractivity contribution in [1.82, 2.24) is 0 Å². The van der Waals surface area contributed by atoms with E-state index in [-0.39, 0.29) is 5.91 Å². The molecule has 102 valence electrons. The van der Waals surface area contributed by atoms with Crippen molar-refractivity contribution in [1.29, 1.82) is 0 Å². The van der Waals surface area contributed by atoms with E-state index in [2.05, 4.69) is 5.32 Å². The van der Waals surface area contributed by atoms with E-state index < -0.39 is 11.4 Å². The van der Waals surface area contributed by atoms with Gasteiger partial charge in [-0.3, -0.25) is 9.59 Å². The average Bonchev–Trinajstić information content (AvgIpc) is 2.66. The molecule has 1 aromatic rings. The van der Waals surface area contributed by atoms with Crippen LogP contribution in [0.4, 0.5) is 11.4 Å². The fourth-order valence-corrected chi connectivity index (χ4v) is 2.20. The number of carbonyl (C=O) groups is 2. The van der Waals surface area contributed by atoms with Gasteiger partial charge in [0.05, 0.1) is 11.8 Å². The summed E-state index contributed by atoms with van der Waals surface area (Å²) in [5, 5.41) is 11.9. The fourth-order valence-electron chi connectivity index (χ4n) is 2.20. The van der Waals surface area contributed by atoms with E-state index in [1.54, 1.807) is 13.8 Å². The number of carboxylic acid groups (broad SMARTS) is 1. The molecule has 1 amide bonds. The number of nitrogens with one attached hydrogen (secondary N) is 1. The average molecular weight is 262 g/mol. The third-order valence-corrected chi connectivity index (χ3v) is 3.37. The summed E-state index contributed by atoms with van der Waals surface area (Å²) < 4.78 is 0. The molecule has 0 saturated heterocycles. The molecule has 5 heteroatoms. The number of nitrogens with zero attached hydrogens (tertiary/aromatic N) is 1. The zero-order valence-electron chi connectivity index (χ0n) is 11.4. The number of fused-ring (bicyclic) bond motifs is 1. The van der Waals surface area contributed by atoms with E-state index in [0.29, 0.717) is 13.0 Å². The van der Waals surface area contributed by atoms with Gasteiger partial charge in [-0.1, -0.05) is 0 Å². The molecule has 0 atom stereocenters. The van der Waals surface area contributed by atoms with Crippen molar-refractivity contribution in [2.45, 2.75) is 20.3 Å². The van der Waals surface area contributed by atoms with E-state index in [1.165, 1.54) is 0 Å². The Hall–Kier alpha value is -2.04. The molecule has 1 aromatic carbocycles. The second kappa shape index (κ2) is 4.57. The molecule has 0 unspecified atom stereocenters. The topological polar surface area (TPSA) is 69.6 Å². The Morgan fingerprint density at radius 3 is 2.79 bits per heavy atom. The van der Waals surface area contributed by atoms with E-state index >= 15 is 0 Å². The molecule has 0 spiro atoms. The molecule has 2 N–H and O–H groups in total. The van der Waals surface area contributed by atoms with Crippen LogP contribution >= 0.6 is 0 Å². The molecule has 0 saturated carbocycles. The summed E-state index contributed by atoms with van der Waals surface area (Å²) in [7, 11) is 1.86. The second-order valence-electron chi connectivity index (χ2n) is 5.61. The predicted octanol–water partition coefficient (Wildman–Crippen LogP) is 1.73. The van der Waals surface area contributed by atoms with Crippen molar-refractivity contribution in [2.24, 2.45) is 5.41 Å². The molecular formula is C14H18N2O3. The van der Waals surface area contributed by atoms with E-state index in [1.807, 2.05) is 30.1 Å². The van der Waals surface area contributed by atoms with E-state index in [4.69, 9.17) is 5.11 Å². The van der Waals surface area contributed by atoms with Gasteiger partial charge >= 0.3 is 5.97 Å². The number of rotatable bonds is 4. The normalized spacial score (nSPS) is 13.9. The van der Waals surface area contributed by atoms with Crippen molar-refractivity contribution in [3.05, 3.63) is 23.8 Å². The van der Waals surface area contributed by atoms with Crippen LogP contribution in [0.1, 0.15) is 19.4 Å². The lowest BCUT2D eigenvalue weighted by Gasteiger charge is -2.28. The zero-order valence-corrected chi connectivity index (χ0v) is 11.4. The zero-order chi connectivity index (χ0) is 14.2. The monoisotopic (exact) mass is 262 g/mol. The van der Waals surface area contributed by atoms with Crippen LogP contribution < -0.4 is 10.2 Å². The Morgan fingerprint density at radius 2 is 2.16 bits per heavy atom. The maximum atomic E-state index is 11.3. The minimum atomic E-state index is -0.822. The van der Waals surface area contributed by atoms with Crippen LogP contribution in [0.3, 0.4) is 0 Å². The quantitative estimate of drug-likeness (QED) is 0.867. The molecule has 1 aliphatic heterocycles. The molecular weight excluding hydrogens is 244 g/mol. The van der Waals surface area contributed by atoms with Gasteiger partial charge in [0.2, 0.25) is 5.91 Å². The molecule has 0 bridgehead atoms. The van der Waals surface area contributed by atoms with Crippen molar-refractivity contribution >= 4 is 23.3 Å². The Labute approximate surface area is 112 Å². The lowest BCUT2D eigenvalue weighted by atomic mass is 9.93. The summed E-state index contributed by atoms with van der Waals surface area (Å²) in [6.07, 6.45) is 0.388. The van der Waals surface area contributed by atoms with Gasteiger partial charge in [-0.05, 0) is 37.6 Å². The number of hydrogen-bond donors (Lipinski definition) is 2.